The molecule has 0 unspecified atom stereocenters. The van der Waals surface area contributed by atoms with Crippen LogP contribution in [0.25, 0.3) is 11.1 Å². The smallest absolute Gasteiger partial charge is 0.252 e. The quantitative estimate of drug-likeness (QED) is 0.147. The van der Waals surface area contributed by atoms with E-state index in [4.69, 9.17) is 0 Å². The number of fused-ring (bicyclic) bond motifs is 6. The number of hydrogen-bond acceptors (Lipinski definition) is 3. The average molecular weight is 996 g/mol. The molecule has 0 spiro atoms. The van der Waals surface area contributed by atoms with Crippen molar-refractivity contribution in [2.75, 3.05) is 14.7 Å². The highest BCUT2D eigenvalue weighted by Gasteiger charge is 2.46. The molecule has 8 aromatic rings. The van der Waals surface area contributed by atoms with Crippen molar-refractivity contribution in [3.8, 4) is 11.1 Å². The zero-order valence-electron chi connectivity index (χ0n) is 48.0. The van der Waals surface area contributed by atoms with Crippen molar-refractivity contribution in [1.29, 1.82) is 0 Å². The second kappa shape index (κ2) is 17.6. The molecule has 2 aliphatic heterocycles. The number of nitrogens with zero attached hydrogens (tertiary/aromatic N) is 3. The van der Waals surface area contributed by atoms with Crippen molar-refractivity contribution in [2.45, 2.75) is 145 Å². The summed E-state index contributed by atoms with van der Waals surface area (Å²) in [7, 11) is 0. The Kier molecular flexibility index (Phi) is 11.6. The number of anilines is 8. The summed E-state index contributed by atoms with van der Waals surface area (Å²) in [6.07, 6.45) is 4.33. The largest absolute Gasteiger partial charge is 0.338 e. The molecule has 2 heterocycles. The van der Waals surface area contributed by atoms with Crippen LogP contribution in [0.1, 0.15) is 140 Å². The third-order valence-corrected chi connectivity index (χ3v) is 17.5. The van der Waals surface area contributed by atoms with Gasteiger partial charge < -0.3 is 14.7 Å². The van der Waals surface area contributed by atoms with Crippen molar-refractivity contribution < 1.29 is 0 Å². The molecule has 4 heteroatoms. The molecule has 8 aromatic carbocycles. The molecule has 0 aromatic heterocycles. The molecule has 12 rings (SSSR count). The van der Waals surface area contributed by atoms with Crippen molar-refractivity contribution in [1.82, 2.24) is 0 Å². The van der Waals surface area contributed by atoms with Gasteiger partial charge in [0.1, 0.15) is 0 Å². The van der Waals surface area contributed by atoms with Crippen LogP contribution in [0.5, 0.6) is 0 Å². The first kappa shape index (κ1) is 50.1. The topological polar surface area (TPSA) is 9.72 Å². The maximum absolute atomic E-state index is 2.75. The van der Waals surface area contributed by atoms with E-state index in [0.717, 1.165) is 42.7 Å². The van der Waals surface area contributed by atoms with E-state index in [0.29, 0.717) is 6.54 Å². The number of rotatable bonds is 7. The van der Waals surface area contributed by atoms with Crippen LogP contribution in [-0.4, -0.2) is 6.71 Å². The van der Waals surface area contributed by atoms with Gasteiger partial charge in [0.2, 0.25) is 0 Å². The molecule has 4 aliphatic rings. The lowest BCUT2D eigenvalue weighted by molar-refractivity contribution is 0.392. The molecule has 0 N–H and O–H groups in total. The van der Waals surface area contributed by atoms with Gasteiger partial charge in [-0.2, -0.15) is 0 Å². The van der Waals surface area contributed by atoms with Crippen LogP contribution in [0.4, 0.5) is 45.5 Å². The van der Waals surface area contributed by atoms with Crippen molar-refractivity contribution >= 4 is 68.6 Å². The van der Waals surface area contributed by atoms with E-state index >= 15 is 0 Å². The number of hydrogen-bond donors (Lipinski definition) is 0. The fourth-order valence-electron chi connectivity index (χ4n) is 13.5. The Balaban J connectivity index is 1.19. The summed E-state index contributed by atoms with van der Waals surface area (Å²) >= 11 is 0. The molecule has 0 amide bonds. The van der Waals surface area contributed by atoms with Crippen LogP contribution < -0.4 is 31.1 Å². The summed E-state index contributed by atoms with van der Waals surface area (Å²) in [5, 5.41) is 0. The van der Waals surface area contributed by atoms with Crippen molar-refractivity contribution in [3.05, 3.63) is 208 Å². The highest BCUT2D eigenvalue weighted by atomic mass is 15.2. The minimum Gasteiger partial charge on any atom is -0.338 e. The maximum atomic E-state index is 2.75. The zero-order valence-corrected chi connectivity index (χ0v) is 48.0. The van der Waals surface area contributed by atoms with Crippen LogP contribution in [0.15, 0.2) is 158 Å². The zero-order chi connectivity index (χ0) is 53.4. The molecular formula is C72H78BN3. The predicted octanol–water partition coefficient (Wildman–Crippen LogP) is 17.2. The van der Waals surface area contributed by atoms with E-state index in [1.165, 1.54) is 106 Å². The van der Waals surface area contributed by atoms with Gasteiger partial charge in [0.15, 0.2) is 0 Å². The third-order valence-electron chi connectivity index (χ3n) is 17.5. The van der Waals surface area contributed by atoms with Gasteiger partial charge in [-0.1, -0.05) is 193 Å². The van der Waals surface area contributed by atoms with E-state index in [9.17, 15) is 0 Å². The molecule has 384 valence electrons. The molecule has 0 atom stereocenters. The Morgan fingerprint density at radius 1 is 0.447 bits per heavy atom. The standard InChI is InChI=1S/C72H78BN3/c1-46-20-18-19-23-62(46)76-64-37-52-44-72(13,14)42-50(52)35-61(64)73-60-34-49-41-71(11,12)43-51(49)36-63(60)74(45-48-24-25-55(70(8,9)10)38-59(48)47-21-16-15-17-22-47)65-39-58(40-66(76)67(65)73)75(56-30-26-53(27-31-56)68(2,3)4)57-32-28-54(29-33-57)69(5,6)7/h15-40H,41-45H2,1-14H3. The molecular weight excluding hydrogens is 918 g/mol. The van der Waals surface area contributed by atoms with Gasteiger partial charge in [-0.05, 0) is 192 Å². The fraction of sp³-hybridized carbons (Fsp3) is 0.333. The normalized spacial score (nSPS) is 16.0. The first-order valence-corrected chi connectivity index (χ1v) is 28.2. The molecule has 2 aliphatic carbocycles. The highest BCUT2D eigenvalue weighted by Crippen LogP contribution is 2.51. The monoisotopic (exact) mass is 996 g/mol. The SMILES string of the molecule is Cc1ccccc1N1c2cc3c(cc2B2c4cc5c(cc4N(Cc4ccc(C(C)(C)C)cc4-c4ccccc4)c4cc(N(c6ccc(C(C)(C)C)cc6)c6ccc(C(C)(C)C)cc6)cc1c42)CC(C)(C)C5)CC(C)(C)C3. The Morgan fingerprint density at radius 2 is 0.921 bits per heavy atom. The van der Waals surface area contributed by atoms with E-state index in [-0.39, 0.29) is 33.8 Å². The lowest BCUT2D eigenvalue weighted by Crippen LogP contribution is -2.62. The first-order valence-electron chi connectivity index (χ1n) is 28.2. The summed E-state index contributed by atoms with van der Waals surface area (Å²) in [4.78, 5) is 7.96. The molecule has 0 radical (unpaired) electrons. The third kappa shape index (κ3) is 8.78. The van der Waals surface area contributed by atoms with E-state index in [1.807, 2.05) is 0 Å². The lowest BCUT2D eigenvalue weighted by Gasteiger charge is -2.46. The van der Waals surface area contributed by atoms with Crippen molar-refractivity contribution in [3.63, 3.8) is 0 Å². The van der Waals surface area contributed by atoms with Gasteiger partial charge in [-0.25, -0.2) is 0 Å². The minimum absolute atomic E-state index is 0.00476. The fourth-order valence-corrected chi connectivity index (χ4v) is 13.5. The van der Waals surface area contributed by atoms with Crippen LogP contribution in [-0.2, 0) is 48.5 Å². The number of aryl methyl sites for hydroxylation is 1. The minimum atomic E-state index is -0.00476. The Bertz CT molecular complexity index is 3520. The Morgan fingerprint density at radius 3 is 1.46 bits per heavy atom. The lowest BCUT2D eigenvalue weighted by atomic mass is 9.33. The second-order valence-electron chi connectivity index (χ2n) is 27.9. The molecule has 0 saturated heterocycles. The van der Waals surface area contributed by atoms with Crippen molar-refractivity contribution in [2.24, 2.45) is 10.8 Å². The van der Waals surface area contributed by atoms with E-state index in [2.05, 4.69) is 269 Å². The van der Waals surface area contributed by atoms with Gasteiger partial charge in [0.25, 0.3) is 6.71 Å². The van der Waals surface area contributed by atoms with Crippen LogP contribution in [0.3, 0.4) is 0 Å². The molecule has 0 saturated carbocycles. The molecule has 0 bridgehead atoms. The molecule has 3 nitrogen and oxygen atoms in total. The number of para-hydroxylation sites is 1. The van der Waals surface area contributed by atoms with Gasteiger partial charge in [0.05, 0.1) is 5.69 Å². The predicted molar refractivity (Wildman–Crippen MR) is 328 cm³/mol. The summed E-state index contributed by atoms with van der Waals surface area (Å²) in [5.41, 5.74) is 29.6. The summed E-state index contributed by atoms with van der Waals surface area (Å²) < 4.78 is 0. The second-order valence-corrected chi connectivity index (χ2v) is 27.9. The van der Waals surface area contributed by atoms with Crippen LogP contribution >= 0.6 is 0 Å². The Labute approximate surface area is 456 Å². The maximum Gasteiger partial charge on any atom is 0.252 e. The van der Waals surface area contributed by atoms with Gasteiger partial charge in [-0.15, -0.1) is 0 Å². The van der Waals surface area contributed by atoms with Gasteiger partial charge >= 0.3 is 0 Å². The summed E-state index contributed by atoms with van der Waals surface area (Å²) in [6, 6.07) is 62.1. The van der Waals surface area contributed by atoms with Crippen LogP contribution in [0, 0.1) is 17.8 Å². The number of benzene rings is 8. The van der Waals surface area contributed by atoms with Crippen LogP contribution in [0.2, 0.25) is 0 Å². The van der Waals surface area contributed by atoms with Gasteiger partial charge in [0, 0.05) is 46.4 Å². The van der Waals surface area contributed by atoms with E-state index in [1.54, 1.807) is 0 Å². The summed E-state index contributed by atoms with van der Waals surface area (Å²) in [5.74, 6) is 0. The Hall–Kier alpha value is -6.78. The summed E-state index contributed by atoms with van der Waals surface area (Å²) in [6.45, 7) is 33.8. The van der Waals surface area contributed by atoms with Gasteiger partial charge in [-0.3, -0.25) is 0 Å². The van der Waals surface area contributed by atoms with E-state index < -0.39 is 0 Å². The highest BCUT2D eigenvalue weighted by molar-refractivity contribution is 7.00. The molecule has 76 heavy (non-hydrogen) atoms. The first-order chi connectivity index (χ1) is 35.9. The molecule has 0 fully saturated rings. The average Bonchev–Trinajstić information content (AvgIpc) is 3.85.